The number of hydrogen-bond acceptors (Lipinski definition) is 8. The third-order valence-electron chi connectivity index (χ3n) is 4.60. The fourth-order valence-electron chi connectivity index (χ4n) is 2.93. The predicted molar refractivity (Wildman–Crippen MR) is 112 cm³/mol. The molecule has 10 heteroatoms. The molecule has 30 heavy (non-hydrogen) atoms. The lowest BCUT2D eigenvalue weighted by Gasteiger charge is -2.12. The van der Waals surface area contributed by atoms with Gasteiger partial charge in [0, 0.05) is 37.3 Å². The first-order chi connectivity index (χ1) is 14.7. The highest BCUT2D eigenvalue weighted by Gasteiger charge is 2.27. The van der Waals surface area contributed by atoms with E-state index in [9.17, 15) is 9.90 Å². The van der Waals surface area contributed by atoms with Crippen molar-refractivity contribution in [2.75, 3.05) is 6.54 Å². The molecule has 2 aromatic heterocycles. The molecule has 0 unspecified atom stereocenters. The molecule has 1 fully saturated rings. The van der Waals surface area contributed by atoms with Gasteiger partial charge in [0.15, 0.2) is 5.69 Å². The Morgan fingerprint density at radius 1 is 1.30 bits per heavy atom. The SMILES string of the molecule is CCN=C([O-])c1ccc(-n2nnc(C(=O)NC3CC3)c2CNCc2nccs2)cc1. The predicted octanol–water partition coefficient (Wildman–Crippen LogP) is 1.03. The van der Waals surface area contributed by atoms with Gasteiger partial charge in [0.05, 0.1) is 11.4 Å². The molecule has 2 heterocycles. The molecule has 0 bridgehead atoms. The summed E-state index contributed by atoms with van der Waals surface area (Å²) in [6, 6.07) is 7.19. The van der Waals surface area contributed by atoms with E-state index in [1.807, 2.05) is 12.3 Å². The number of benzene rings is 1. The van der Waals surface area contributed by atoms with Gasteiger partial charge >= 0.3 is 0 Å². The van der Waals surface area contributed by atoms with Crippen molar-refractivity contribution in [3.8, 4) is 5.69 Å². The van der Waals surface area contributed by atoms with Crippen molar-refractivity contribution in [1.29, 1.82) is 0 Å². The second kappa shape index (κ2) is 9.14. The minimum absolute atomic E-state index is 0.219. The maximum absolute atomic E-state index is 12.6. The Balaban J connectivity index is 1.58. The number of rotatable bonds is 9. The van der Waals surface area contributed by atoms with Crippen LogP contribution in [0.15, 0.2) is 40.8 Å². The maximum atomic E-state index is 12.6. The molecule has 0 atom stereocenters. The van der Waals surface area contributed by atoms with Crippen LogP contribution in [0.25, 0.3) is 5.69 Å². The lowest BCUT2D eigenvalue weighted by Crippen LogP contribution is -2.28. The Morgan fingerprint density at radius 2 is 2.10 bits per heavy atom. The summed E-state index contributed by atoms with van der Waals surface area (Å²) < 4.78 is 1.63. The Bertz CT molecular complexity index is 1020. The minimum atomic E-state index is -0.252. The highest BCUT2D eigenvalue weighted by atomic mass is 32.1. The summed E-state index contributed by atoms with van der Waals surface area (Å²) in [4.78, 5) is 20.8. The first-order valence-electron chi connectivity index (χ1n) is 9.82. The number of aliphatic imine (C=N–C) groups is 1. The molecule has 0 spiro atoms. The van der Waals surface area contributed by atoms with Gasteiger partial charge in [0.2, 0.25) is 0 Å². The van der Waals surface area contributed by atoms with Crippen molar-refractivity contribution in [2.24, 2.45) is 4.99 Å². The van der Waals surface area contributed by atoms with Crippen LogP contribution in [0.5, 0.6) is 0 Å². The summed E-state index contributed by atoms with van der Waals surface area (Å²) in [5.74, 6) is -0.471. The molecule has 2 N–H and O–H groups in total. The smallest absolute Gasteiger partial charge is 0.274 e. The number of nitrogens with zero attached hydrogens (tertiary/aromatic N) is 5. The molecule has 1 aromatic carbocycles. The Morgan fingerprint density at radius 3 is 2.77 bits per heavy atom. The van der Waals surface area contributed by atoms with Crippen molar-refractivity contribution in [3.05, 3.63) is 57.8 Å². The van der Waals surface area contributed by atoms with Gasteiger partial charge in [-0.2, -0.15) is 0 Å². The molecule has 0 saturated heterocycles. The van der Waals surface area contributed by atoms with Crippen LogP contribution >= 0.6 is 11.3 Å². The molecule has 1 aliphatic rings. The van der Waals surface area contributed by atoms with E-state index in [4.69, 9.17) is 0 Å². The number of carbonyl (C=O) groups is 1. The second-order valence-electron chi connectivity index (χ2n) is 6.90. The first kappa shape index (κ1) is 20.2. The van der Waals surface area contributed by atoms with Gasteiger partial charge in [0.1, 0.15) is 5.01 Å². The highest BCUT2D eigenvalue weighted by Crippen LogP contribution is 2.20. The van der Waals surface area contributed by atoms with E-state index in [1.54, 1.807) is 46.5 Å². The molecule has 4 rings (SSSR count). The number of thiazole rings is 1. The van der Waals surface area contributed by atoms with E-state index in [2.05, 4.69) is 30.9 Å². The van der Waals surface area contributed by atoms with E-state index >= 15 is 0 Å². The zero-order valence-electron chi connectivity index (χ0n) is 16.5. The Hall–Kier alpha value is -3.11. The zero-order chi connectivity index (χ0) is 20.9. The zero-order valence-corrected chi connectivity index (χ0v) is 17.4. The third kappa shape index (κ3) is 4.71. The van der Waals surface area contributed by atoms with Gasteiger partial charge in [-0.15, -0.1) is 16.4 Å². The van der Waals surface area contributed by atoms with Gasteiger partial charge in [-0.1, -0.05) is 17.3 Å². The Labute approximate surface area is 177 Å². The standard InChI is InChI=1S/C20H23N7O2S/c1-2-22-19(28)13-3-7-15(8-4-13)27-16(11-21-12-17-23-9-10-30-17)18(25-26-27)20(29)24-14-5-6-14/h3-4,7-10,14,21H,2,5-6,11-12H2,1H3,(H,22,28)(H,24,29)/p-1. The van der Waals surface area contributed by atoms with E-state index in [1.165, 1.54) is 0 Å². The van der Waals surface area contributed by atoms with Gasteiger partial charge in [-0.3, -0.25) is 4.79 Å². The van der Waals surface area contributed by atoms with Crippen molar-refractivity contribution < 1.29 is 9.90 Å². The highest BCUT2D eigenvalue weighted by molar-refractivity contribution is 7.09. The number of nitrogens with one attached hydrogen (secondary N) is 2. The minimum Gasteiger partial charge on any atom is -0.858 e. The topological polar surface area (TPSA) is 120 Å². The quantitative estimate of drug-likeness (QED) is 0.391. The third-order valence-corrected chi connectivity index (χ3v) is 5.38. The molecule has 1 amide bonds. The van der Waals surface area contributed by atoms with E-state index in [0.717, 1.165) is 17.8 Å². The van der Waals surface area contributed by atoms with Gasteiger partial charge in [0.25, 0.3) is 5.91 Å². The van der Waals surface area contributed by atoms with E-state index in [0.29, 0.717) is 42.3 Å². The summed E-state index contributed by atoms with van der Waals surface area (Å²) in [6.45, 7) is 3.24. The molecule has 1 aliphatic carbocycles. The van der Waals surface area contributed by atoms with Crippen molar-refractivity contribution >= 4 is 23.1 Å². The molecule has 156 valence electrons. The number of carbonyl (C=O) groups excluding carboxylic acids is 1. The molecule has 9 nitrogen and oxygen atoms in total. The van der Waals surface area contributed by atoms with Crippen LogP contribution in [0.2, 0.25) is 0 Å². The van der Waals surface area contributed by atoms with Gasteiger partial charge < -0.3 is 20.7 Å². The summed E-state index contributed by atoms with van der Waals surface area (Å²) in [5, 5.41) is 29.4. The van der Waals surface area contributed by atoms with Gasteiger partial charge in [-0.25, -0.2) is 9.67 Å². The fourth-order valence-corrected chi connectivity index (χ4v) is 3.52. The number of hydrogen-bond donors (Lipinski definition) is 2. The second-order valence-corrected chi connectivity index (χ2v) is 7.88. The van der Waals surface area contributed by atoms with Crippen molar-refractivity contribution in [1.82, 2.24) is 30.6 Å². The number of aromatic nitrogens is 4. The van der Waals surface area contributed by atoms with E-state index in [-0.39, 0.29) is 17.8 Å². The van der Waals surface area contributed by atoms with E-state index < -0.39 is 0 Å². The lowest BCUT2D eigenvalue weighted by atomic mass is 10.2. The molecular formula is C20H22N7O2S-. The van der Waals surface area contributed by atoms with Crippen molar-refractivity contribution in [2.45, 2.75) is 38.9 Å². The van der Waals surface area contributed by atoms with Crippen molar-refractivity contribution in [3.63, 3.8) is 0 Å². The molecule has 1 saturated carbocycles. The van der Waals surface area contributed by atoms with Crippen LogP contribution in [0.1, 0.15) is 46.5 Å². The first-order valence-corrected chi connectivity index (χ1v) is 10.7. The van der Waals surface area contributed by atoms with Crippen LogP contribution in [-0.4, -0.2) is 44.4 Å². The Kier molecular flexibility index (Phi) is 6.15. The summed E-state index contributed by atoms with van der Waals surface area (Å²) >= 11 is 1.56. The lowest BCUT2D eigenvalue weighted by molar-refractivity contribution is -0.213. The summed E-state index contributed by atoms with van der Waals surface area (Å²) in [7, 11) is 0. The van der Waals surface area contributed by atoms with Crippen LogP contribution < -0.4 is 15.7 Å². The average Bonchev–Trinajstić information content (AvgIpc) is 3.24. The number of amides is 1. The molecule has 0 radical (unpaired) electrons. The average molecular weight is 425 g/mol. The van der Waals surface area contributed by atoms with Gasteiger partial charge in [-0.05, 0) is 43.4 Å². The fraction of sp³-hybridized carbons (Fsp3) is 0.350. The monoisotopic (exact) mass is 424 g/mol. The summed E-state index contributed by atoms with van der Waals surface area (Å²) in [5.41, 5.74) is 2.18. The van der Waals surface area contributed by atoms with Crippen LogP contribution in [0.3, 0.4) is 0 Å². The summed E-state index contributed by atoms with van der Waals surface area (Å²) in [6.07, 6.45) is 3.75. The largest absolute Gasteiger partial charge is 0.858 e. The normalized spacial score (nSPS) is 14.1. The molecule has 0 aliphatic heterocycles. The van der Waals surface area contributed by atoms with Crippen LogP contribution in [-0.2, 0) is 13.1 Å². The van der Waals surface area contributed by atoms with Crippen LogP contribution in [0.4, 0.5) is 0 Å². The van der Waals surface area contributed by atoms with Crippen LogP contribution in [0, 0.1) is 0 Å². The molecular weight excluding hydrogens is 402 g/mol. The molecule has 3 aromatic rings. The maximum Gasteiger partial charge on any atom is 0.274 e.